The van der Waals surface area contributed by atoms with Crippen LogP contribution in [0.15, 0.2) is 48.5 Å². The van der Waals surface area contributed by atoms with Gasteiger partial charge in [-0.2, -0.15) is 0 Å². The van der Waals surface area contributed by atoms with Crippen molar-refractivity contribution in [3.63, 3.8) is 0 Å². The molecule has 0 aromatic heterocycles. The average molecular weight is 366 g/mol. The Morgan fingerprint density at radius 2 is 1.85 bits per heavy atom. The second kappa shape index (κ2) is 8.22. The third kappa shape index (κ3) is 4.46. The van der Waals surface area contributed by atoms with Gasteiger partial charge in [0.15, 0.2) is 0 Å². The summed E-state index contributed by atoms with van der Waals surface area (Å²) >= 11 is 0. The van der Waals surface area contributed by atoms with E-state index in [0.29, 0.717) is 12.2 Å². The van der Waals surface area contributed by atoms with Crippen molar-refractivity contribution in [2.75, 3.05) is 44.4 Å². The summed E-state index contributed by atoms with van der Waals surface area (Å²) in [5, 5.41) is 5.36. The van der Waals surface area contributed by atoms with Crippen molar-refractivity contribution in [1.29, 1.82) is 0 Å². The van der Waals surface area contributed by atoms with E-state index < -0.39 is 11.8 Å². The van der Waals surface area contributed by atoms with E-state index in [1.54, 1.807) is 24.3 Å². The van der Waals surface area contributed by atoms with Crippen LogP contribution < -0.4 is 15.5 Å². The van der Waals surface area contributed by atoms with Crippen molar-refractivity contribution < 1.29 is 9.59 Å². The van der Waals surface area contributed by atoms with Crippen LogP contribution in [0.4, 0.5) is 11.4 Å². The number of fused-ring (bicyclic) bond motifs is 1. The molecular formula is C21H26N4O2. The van der Waals surface area contributed by atoms with Gasteiger partial charge in [0.25, 0.3) is 0 Å². The molecule has 1 atom stereocenters. The van der Waals surface area contributed by atoms with Crippen molar-refractivity contribution in [2.45, 2.75) is 12.5 Å². The van der Waals surface area contributed by atoms with Crippen LogP contribution >= 0.6 is 0 Å². The van der Waals surface area contributed by atoms with Gasteiger partial charge in [-0.15, -0.1) is 0 Å². The van der Waals surface area contributed by atoms with Gasteiger partial charge in [0.05, 0.1) is 6.04 Å². The summed E-state index contributed by atoms with van der Waals surface area (Å²) in [4.78, 5) is 28.6. The summed E-state index contributed by atoms with van der Waals surface area (Å²) in [5.41, 5.74) is 4.33. The molecule has 2 amide bonds. The van der Waals surface area contributed by atoms with Crippen molar-refractivity contribution in [2.24, 2.45) is 0 Å². The SMILES string of the molecule is CN1CCc2cc([C@@H](CNC(=O)C(=O)Nc3ccccc3)N(C)C)ccc21. The number of hydrogen-bond acceptors (Lipinski definition) is 4. The smallest absolute Gasteiger partial charge is 0.313 e. The highest BCUT2D eigenvalue weighted by Crippen LogP contribution is 2.30. The molecule has 0 saturated carbocycles. The summed E-state index contributed by atoms with van der Waals surface area (Å²) in [6.07, 6.45) is 1.03. The zero-order valence-electron chi connectivity index (χ0n) is 16.0. The molecule has 1 aliphatic heterocycles. The molecule has 0 aliphatic carbocycles. The van der Waals surface area contributed by atoms with Crippen LogP contribution in [-0.4, -0.2) is 50.9 Å². The number of nitrogens with zero attached hydrogens (tertiary/aromatic N) is 2. The van der Waals surface area contributed by atoms with E-state index in [4.69, 9.17) is 0 Å². The van der Waals surface area contributed by atoms with E-state index in [0.717, 1.165) is 18.5 Å². The van der Waals surface area contributed by atoms with Crippen LogP contribution in [-0.2, 0) is 16.0 Å². The molecule has 0 fully saturated rings. The van der Waals surface area contributed by atoms with E-state index in [2.05, 4.69) is 45.7 Å². The first-order valence-electron chi connectivity index (χ1n) is 9.10. The van der Waals surface area contributed by atoms with Crippen molar-refractivity contribution in [1.82, 2.24) is 10.2 Å². The first-order valence-corrected chi connectivity index (χ1v) is 9.10. The van der Waals surface area contributed by atoms with E-state index in [1.807, 2.05) is 20.2 Å². The fourth-order valence-electron chi connectivity index (χ4n) is 3.37. The number of anilines is 2. The fraction of sp³-hybridized carbons (Fsp3) is 0.333. The summed E-state index contributed by atoms with van der Waals surface area (Å²) in [6, 6.07) is 15.4. The molecule has 1 heterocycles. The minimum absolute atomic E-state index is 0.00492. The van der Waals surface area contributed by atoms with Crippen LogP contribution in [0.5, 0.6) is 0 Å². The standard InChI is InChI=1S/C21H26N4O2/c1-24(2)19(15-9-10-18-16(13-15)11-12-25(18)3)14-22-20(26)21(27)23-17-7-5-4-6-8-17/h4-10,13,19H,11-12,14H2,1-3H3,(H,22,26)(H,23,27)/t19-/m1/s1. The molecule has 2 N–H and O–H groups in total. The van der Waals surface area contributed by atoms with Crippen molar-refractivity contribution >= 4 is 23.2 Å². The topological polar surface area (TPSA) is 64.7 Å². The molecular weight excluding hydrogens is 340 g/mol. The Labute approximate surface area is 160 Å². The molecule has 0 saturated heterocycles. The molecule has 6 heteroatoms. The Kier molecular flexibility index (Phi) is 5.76. The zero-order valence-corrected chi connectivity index (χ0v) is 16.0. The second-order valence-electron chi connectivity index (χ2n) is 7.07. The molecule has 0 unspecified atom stereocenters. The van der Waals surface area contributed by atoms with Gasteiger partial charge in [0.2, 0.25) is 0 Å². The van der Waals surface area contributed by atoms with E-state index in [1.165, 1.54) is 11.3 Å². The number of nitrogens with one attached hydrogen (secondary N) is 2. The number of benzene rings is 2. The van der Waals surface area contributed by atoms with Gasteiger partial charge in [-0.1, -0.05) is 30.3 Å². The largest absolute Gasteiger partial charge is 0.374 e. The van der Waals surface area contributed by atoms with Crippen LogP contribution in [0, 0.1) is 0 Å². The van der Waals surface area contributed by atoms with Gasteiger partial charge in [0.1, 0.15) is 0 Å². The number of para-hydroxylation sites is 1. The maximum Gasteiger partial charge on any atom is 0.313 e. The summed E-state index contributed by atoms with van der Waals surface area (Å²) in [6.45, 7) is 1.39. The minimum Gasteiger partial charge on any atom is -0.374 e. The molecule has 2 aromatic carbocycles. The van der Waals surface area contributed by atoms with E-state index in [9.17, 15) is 9.59 Å². The Balaban J connectivity index is 1.63. The predicted octanol–water partition coefficient (Wildman–Crippen LogP) is 2.04. The van der Waals surface area contributed by atoms with Crippen LogP contribution in [0.3, 0.4) is 0 Å². The lowest BCUT2D eigenvalue weighted by molar-refractivity contribution is -0.136. The number of carbonyl (C=O) groups excluding carboxylic acids is 2. The average Bonchev–Trinajstić information content (AvgIpc) is 3.02. The highest BCUT2D eigenvalue weighted by atomic mass is 16.2. The van der Waals surface area contributed by atoms with Crippen LogP contribution in [0.25, 0.3) is 0 Å². The van der Waals surface area contributed by atoms with Gasteiger partial charge >= 0.3 is 11.8 Å². The summed E-state index contributed by atoms with van der Waals surface area (Å²) in [7, 11) is 6.04. The zero-order chi connectivity index (χ0) is 19.4. The summed E-state index contributed by atoms with van der Waals surface area (Å²) < 4.78 is 0. The Morgan fingerprint density at radius 1 is 1.11 bits per heavy atom. The monoisotopic (exact) mass is 366 g/mol. The number of amides is 2. The Hall–Kier alpha value is -2.86. The molecule has 2 aromatic rings. The number of rotatable bonds is 5. The van der Waals surface area contributed by atoms with Gasteiger partial charge < -0.3 is 20.4 Å². The minimum atomic E-state index is -0.658. The van der Waals surface area contributed by atoms with Gasteiger partial charge in [0, 0.05) is 31.5 Å². The van der Waals surface area contributed by atoms with Gasteiger partial charge in [-0.3, -0.25) is 9.59 Å². The highest BCUT2D eigenvalue weighted by Gasteiger charge is 2.22. The van der Waals surface area contributed by atoms with E-state index >= 15 is 0 Å². The second-order valence-corrected chi connectivity index (χ2v) is 7.07. The van der Waals surface area contributed by atoms with Crippen LogP contribution in [0.2, 0.25) is 0 Å². The number of carbonyl (C=O) groups is 2. The van der Waals surface area contributed by atoms with E-state index in [-0.39, 0.29) is 6.04 Å². The Bertz CT molecular complexity index is 820. The van der Waals surface area contributed by atoms with Crippen molar-refractivity contribution in [3.05, 3.63) is 59.7 Å². The fourth-order valence-corrected chi connectivity index (χ4v) is 3.37. The number of likely N-dealkylation sites (N-methyl/N-ethyl adjacent to an activating group) is 2. The lowest BCUT2D eigenvalue weighted by Crippen LogP contribution is -2.40. The highest BCUT2D eigenvalue weighted by molar-refractivity contribution is 6.39. The molecule has 1 aliphatic rings. The molecule has 6 nitrogen and oxygen atoms in total. The molecule has 142 valence electrons. The lowest BCUT2D eigenvalue weighted by atomic mass is 10.0. The maximum absolute atomic E-state index is 12.2. The third-order valence-electron chi connectivity index (χ3n) is 4.93. The Morgan fingerprint density at radius 3 is 2.56 bits per heavy atom. The predicted molar refractivity (Wildman–Crippen MR) is 108 cm³/mol. The molecule has 0 bridgehead atoms. The third-order valence-corrected chi connectivity index (χ3v) is 4.93. The van der Waals surface area contributed by atoms with Crippen molar-refractivity contribution in [3.8, 4) is 0 Å². The molecule has 27 heavy (non-hydrogen) atoms. The maximum atomic E-state index is 12.2. The lowest BCUT2D eigenvalue weighted by Gasteiger charge is -2.26. The number of hydrogen-bond donors (Lipinski definition) is 2. The first-order chi connectivity index (χ1) is 13.0. The molecule has 3 rings (SSSR count). The summed E-state index contributed by atoms with van der Waals surface area (Å²) in [5.74, 6) is -1.29. The van der Waals surface area contributed by atoms with Crippen LogP contribution in [0.1, 0.15) is 17.2 Å². The normalized spacial score (nSPS) is 14.0. The molecule has 0 radical (unpaired) electrons. The quantitative estimate of drug-likeness (QED) is 0.795. The first kappa shape index (κ1) is 18.9. The van der Waals surface area contributed by atoms with Gasteiger partial charge in [-0.05, 0) is 49.8 Å². The molecule has 0 spiro atoms. The van der Waals surface area contributed by atoms with Gasteiger partial charge in [-0.25, -0.2) is 0 Å².